The van der Waals surface area contributed by atoms with Gasteiger partial charge in [-0.15, -0.1) is 0 Å². The van der Waals surface area contributed by atoms with Crippen LogP contribution in [0.25, 0.3) is 0 Å². The molecule has 0 heterocycles. The van der Waals surface area contributed by atoms with Crippen molar-refractivity contribution in [3.8, 4) is 0 Å². The molecule has 2 aliphatic carbocycles. The molecule has 0 aromatic heterocycles. The highest BCUT2D eigenvalue weighted by Crippen LogP contribution is 2.65. The Morgan fingerprint density at radius 1 is 1.18 bits per heavy atom. The number of aliphatic hydroxyl groups excluding tert-OH is 1. The number of rotatable bonds is 0. The van der Waals surface area contributed by atoms with E-state index in [4.69, 9.17) is 0 Å². The third kappa shape index (κ3) is 0.936. The van der Waals surface area contributed by atoms with Crippen molar-refractivity contribution in [3.05, 3.63) is 0 Å². The molecular formula is C10H18O. The van der Waals surface area contributed by atoms with Crippen molar-refractivity contribution in [3.63, 3.8) is 0 Å². The van der Waals surface area contributed by atoms with E-state index in [0.29, 0.717) is 11.3 Å². The van der Waals surface area contributed by atoms with Crippen LogP contribution in [0.4, 0.5) is 0 Å². The molecule has 0 bridgehead atoms. The van der Waals surface area contributed by atoms with E-state index in [1.165, 1.54) is 6.42 Å². The topological polar surface area (TPSA) is 20.2 Å². The summed E-state index contributed by atoms with van der Waals surface area (Å²) in [5.41, 5.74) is 0.547. The third-order valence-corrected chi connectivity index (χ3v) is 4.07. The van der Waals surface area contributed by atoms with Crippen molar-refractivity contribution >= 4 is 0 Å². The van der Waals surface area contributed by atoms with Crippen LogP contribution >= 0.6 is 0 Å². The first-order chi connectivity index (χ1) is 5.03. The number of hydrogen-bond donors (Lipinski definition) is 1. The molecule has 0 amide bonds. The van der Waals surface area contributed by atoms with Crippen molar-refractivity contribution < 1.29 is 5.11 Å². The van der Waals surface area contributed by atoms with Gasteiger partial charge in [0.15, 0.2) is 0 Å². The van der Waals surface area contributed by atoms with E-state index < -0.39 is 0 Å². The fourth-order valence-electron chi connectivity index (χ4n) is 2.84. The lowest BCUT2D eigenvalue weighted by Gasteiger charge is -2.22. The fraction of sp³-hybridized carbons (Fsp3) is 1.00. The highest BCUT2D eigenvalue weighted by molar-refractivity contribution is 5.08. The van der Waals surface area contributed by atoms with Crippen LogP contribution < -0.4 is 0 Å². The molecule has 0 aromatic carbocycles. The van der Waals surface area contributed by atoms with E-state index in [2.05, 4.69) is 20.8 Å². The molecule has 11 heavy (non-hydrogen) atoms. The molecule has 2 rings (SSSR count). The Morgan fingerprint density at radius 2 is 1.73 bits per heavy atom. The molecule has 1 N–H and O–H groups in total. The maximum Gasteiger partial charge on any atom is 0.0568 e. The molecule has 2 aliphatic rings. The van der Waals surface area contributed by atoms with Gasteiger partial charge in [-0.25, -0.2) is 0 Å². The van der Waals surface area contributed by atoms with E-state index in [1.807, 2.05) is 0 Å². The summed E-state index contributed by atoms with van der Waals surface area (Å²) >= 11 is 0. The first-order valence-corrected chi connectivity index (χ1v) is 4.71. The van der Waals surface area contributed by atoms with Crippen LogP contribution in [-0.4, -0.2) is 11.2 Å². The van der Waals surface area contributed by atoms with Crippen LogP contribution in [-0.2, 0) is 0 Å². The molecule has 64 valence electrons. The van der Waals surface area contributed by atoms with E-state index >= 15 is 0 Å². The van der Waals surface area contributed by atoms with Crippen LogP contribution in [0.15, 0.2) is 0 Å². The summed E-state index contributed by atoms with van der Waals surface area (Å²) in [4.78, 5) is 0. The van der Waals surface area contributed by atoms with Crippen LogP contribution in [0.2, 0.25) is 0 Å². The summed E-state index contributed by atoms with van der Waals surface area (Å²) in [6.07, 6.45) is 2.29. The van der Waals surface area contributed by atoms with Crippen LogP contribution in [0.5, 0.6) is 0 Å². The van der Waals surface area contributed by atoms with Crippen molar-refractivity contribution in [1.29, 1.82) is 0 Å². The highest BCUT2D eigenvalue weighted by Gasteiger charge is 2.60. The van der Waals surface area contributed by atoms with Crippen LogP contribution in [0, 0.1) is 23.2 Å². The lowest BCUT2D eigenvalue weighted by molar-refractivity contribution is 0.0745. The average Bonchev–Trinajstić information content (AvgIpc) is 2.39. The zero-order valence-electron chi connectivity index (χ0n) is 7.67. The maximum atomic E-state index is 9.61. The smallest absolute Gasteiger partial charge is 0.0568 e. The minimum absolute atomic E-state index is 0.0157. The number of fused-ring (bicyclic) bond motifs is 1. The molecule has 2 fully saturated rings. The third-order valence-electron chi connectivity index (χ3n) is 4.07. The number of aliphatic hydroxyl groups is 1. The molecule has 0 saturated heterocycles. The Morgan fingerprint density at radius 3 is 2.27 bits per heavy atom. The van der Waals surface area contributed by atoms with Gasteiger partial charge in [-0.2, -0.15) is 0 Å². The Bertz CT molecular complexity index is 156. The summed E-state index contributed by atoms with van der Waals surface area (Å²) < 4.78 is 0. The van der Waals surface area contributed by atoms with Crippen molar-refractivity contribution in [2.24, 2.45) is 23.2 Å². The fourth-order valence-corrected chi connectivity index (χ4v) is 2.84. The van der Waals surface area contributed by atoms with Gasteiger partial charge >= 0.3 is 0 Å². The molecule has 0 unspecified atom stereocenters. The summed E-state index contributed by atoms with van der Waals surface area (Å²) in [5.74, 6) is 2.28. The summed E-state index contributed by atoms with van der Waals surface area (Å²) in [6.45, 7) is 6.86. The normalized spacial score (nSPS) is 53.5. The van der Waals surface area contributed by atoms with Crippen LogP contribution in [0.1, 0.15) is 33.6 Å². The molecule has 4 atom stereocenters. The van der Waals surface area contributed by atoms with Gasteiger partial charge in [-0.3, -0.25) is 0 Å². The first-order valence-electron chi connectivity index (χ1n) is 4.71. The average molecular weight is 154 g/mol. The van der Waals surface area contributed by atoms with Gasteiger partial charge < -0.3 is 5.11 Å². The molecule has 0 aliphatic heterocycles. The number of hydrogen-bond acceptors (Lipinski definition) is 1. The summed E-state index contributed by atoms with van der Waals surface area (Å²) in [6, 6.07) is 0. The quantitative estimate of drug-likeness (QED) is 0.566. The van der Waals surface area contributed by atoms with Gasteiger partial charge in [0.1, 0.15) is 0 Å². The highest BCUT2D eigenvalue weighted by atomic mass is 16.3. The standard InChI is InChI=1S/C10H18O/c1-6-4-7-8(5-9(6)11)10(7,2)3/h6-9,11H,4-5H2,1-3H3/t6-,7+,8-,9-/m1/s1. The van der Waals surface area contributed by atoms with Gasteiger partial charge in [0.05, 0.1) is 6.10 Å². The second kappa shape index (κ2) is 2.01. The Kier molecular flexibility index (Phi) is 1.39. The van der Waals surface area contributed by atoms with Gasteiger partial charge in [-0.05, 0) is 36.0 Å². The van der Waals surface area contributed by atoms with Gasteiger partial charge in [0.25, 0.3) is 0 Å². The Balaban J connectivity index is 2.07. The van der Waals surface area contributed by atoms with E-state index in [0.717, 1.165) is 18.3 Å². The maximum absolute atomic E-state index is 9.61. The predicted molar refractivity (Wildman–Crippen MR) is 45.2 cm³/mol. The molecule has 0 aromatic rings. The van der Waals surface area contributed by atoms with Crippen molar-refractivity contribution in [1.82, 2.24) is 0 Å². The first kappa shape index (κ1) is 7.60. The zero-order chi connectivity index (χ0) is 8.22. The van der Waals surface area contributed by atoms with Crippen LogP contribution in [0.3, 0.4) is 0 Å². The van der Waals surface area contributed by atoms with Gasteiger partial charge in [-0.1, -0.05) is 20.8 Å². The summed E-state index contributed by atoms with van der Waals surface area (Å²) in [5, 5.41) is 9.61. The lowest BCUT2D eigenvalue weighted by atomic mass is 9.88. The Hall–Kier alpha value is -0.0400. The van der Waals surface area contributed by atoms with E-state index in [9.17, 15) is 5.11 Å². The second-order valence-corrected chi connectivity index (χ2v) is 5.05. The van der Waals surface area contributed by atoms with Gasteiger partial charge in [0.2, 0.25) is 0 Å². The van der Waals surface area contributed by atoms with Crippen molar-refractivity contribution in [2.45, 2.75) is 39.7 Å². The van der Waals surface area contributed by atoms with Crippen molar-refractivity contribution in [2.75, 3.05) is 0 Å². The second-order valence-electron chi connectivity index (χ2n) is 5.05. The minimum atomic E-state index is -0.0157. The van der Waals surface area contributed by atoms with E-state index in [1.54, 1.807) is 0 Å². The SMILES string of the molecule is C[C@@H]1C[C@H]2[C@@H](C[C@H]1O)C2(C)C. The lowest BCUT2D eigenvalue weighted by Crippen LogP contribution is -2.22. The molecule has 1 nitrogen and oxygen atoms in total. The Labute approximate surface area is 68.8 Å². The minimum Gasteiger partial charge on any atom is -0.393 e. The molecule has 1 heteroatoms. The zero-order valence-corrected chi connectivity index (χ0v) is 7.67. The largest absolute Gasteiger partial charge is 0.393 e. The predicted octanol–water partition coefficient (Wildman–Crippen LogP) is 2.05. The monoisotopic (exact) mass is 154 g/mol. The molecule has 2 saturated carbocycles. The van der Waals surface area contributed by atoms with Gasteiger partial charge in [0, 0.05) is 0 Å². The summed E-state index contributed by atoms with van der Waals surface area (Å²) in [7, 11) is 0. The molecule has 0 radical (unpaired) electrons. The van der Waals surface area contributed by atoms with E-state index in [-0.39, 0.29) is 6.10 Å². The molecule has 0 spiro atoms. The molecular weight excluding hydrogens is 136 g/mol.